The Hall–Kier alpha value is -2.58. The van der Waals surface area contributed by atoms with Crippen LogP contribution < -0.4 is 5.32 Å². The molecule has 5 nitrogen and oxygen atoms in total. The van der Waals surface area contributed by atoms with E-state index in [1.54, 1.807) is 23.6 Å². The largest absolute Gasteiger partial charge is 0.416 e. The topological polar surface area (TPSA) is 66.6 Å². The number of aromatic nitrogens is 2. The van der Waals surface area contributed by atoms with Gasteiger partial charge in [-0.15, -0.1) is 0 Å². The number of halogens is 4. The fourth-order valence-electron chi connectivity index (χ4n) is 2.79. The Morgan fingerprint density at radius 2 is 2.07 bits per heavy atom. The number of benzene rings is 1. The summed E-state index contributed by atoms with van der Waals surface area (Å²) in [5.74, 6) is 0.0440. The van der Waals surface area contributed by atoms with Crippen LogP contribution >= 0.6 is 11.6 Å². The number of amides is 1. The molecule has 0 aliphatic carbocycles. The van der Waals surface area contributed by atoms with Gasteiger partial charge in [0, 0.05) is 11.2 Å². The van der Waals surface area contributed by atoms with Gasteiger partial charge in [0.1, 0.15) is 5.82 Å². The zero-order valence-electron chi connectivity index (χ0n) is 14.1. The van der Waals surface area contributed by atoms with Gasteiger partial charge in [-0.2, -0.15) is 13.2 Å². The predicted molar refractivity (Wildman–Crippen MR) is 93.7 cm³/mol. The third-order valence-corrected chi connectivity index (χ3v) is 4.39. The first-order valence-corrected chi connectivity index (χ1v) is 8.30. The summed E-state index contributed by atoms with van der Waals surface area (Å²) in [6.45, 7) is 1.05. The summed E-state index contributed by atoms with van der Waals surface area (Å²) in [6, 6.07) is 5.16. The van der Waals surface area contributed by atoms with Crippen molar-refractivity contribution >= 4 is 23.0 Å². The number of aliphatic hydroxyl groups excluding tert-OH is 1. The fourth-order valence-corrected chi connectivity index (χ4v) is 2.97. The average molecular weight is 398 g/mol. The molecule has 0 radical (unpaired) electrons. The van der Waals surface area contributed by atoms with Crippen LogP contribution in [0.25, 0.3) is 5.52 Å². The second kappa shape index (κ2) is 7.21. The number of carbonyl (C=O) groups is 1. The van der Waals surface area contributed by atoms with Crippen molar-refractivity contribution < 1.29 is 23.1 Å². The molecular weight excluding hydrogens is 383 g/mol. The lowest BCUT2D eigenvalue weighted by molar-refractivity contribution is -0.138. The van der Waals surface area contributed by atoms with Crippen molar-refractivity contribution in [1.29, 1.82) is 0 Å². The Labute approximate surface area is 157 Å². The van der Waals surface area contributed by atoms with E-state index in [1.165, 1.54) is 18.3 Å². The second-order valence-corrected chi connectivity index (χ2v) is 6.39. The van der Waals surface area contributed by atoms with Gasteiger partial charge >= 0.3 is 6.18 Å². The van der Waals surface area contributed by atoms with E-state index in [0.717, 1.165) is 17.6 Å². The van der Waals surface area contributed by atoms with Gasteiger partial charge in [-0.05, 0) is 36.8 Å². The average Bonchev–Trinajstić information content (AvgIpc) is 2.99. The van der Waals surface area contributed by atoms with Gasteiger partial charge in [0.15, 0.2) is 0 Å². The summed E-state index contributed by atoms with van der Waals surface area (Å²) in [7, 11) is 0. The molecule has 0 fully saturated rings. The number of hydrogen-bond acceptors (Lipinski definition) is 3. The van der Waals surface area contributed by atoms with E-state index in [-0.39, 0.29) is 16.1 Å². The van der Waals surface area contributed by atoms with Crippen LogP contribution in [0.5, 0.6) is 0 Å². The summed E-state index contributed by atoms with van der Waals surface area (Å²) in [4.78, 5) is 16.7. The first-order valence-electron chi connectivity index (χ1n) is 7.93. The number of aliphatic hydroxyl groups is 1. The molecule has 0 bridgehead atoms. The molecular formula is C18H15ClF3N3O2. The van der Waals surface area contributed by atoms with Crippen LogP contribution in [0.3, 0.4) is 0 Å². The van der Waals surface area contributed by atoms with Gasteiger partial charge in [0.25, 0.3) is 5.91 Å². The molecule has 2 heterocycles. The molecule has 1 atom stereocenters. The second-order valence-electron chi connectivity index (χ2n) is 5.96. The molecule has 0 unspecified atom stereocenters. The van der Waals surface area contributed by atoms with E-state index in [1.807, 2.05) is 0 Å². The van der Waals surface area contributed by atoms with Gasteiger partial charge in [0.2, 0.25) is 0 Å². The Bertz CT molecular complexity index is 1000. The third-order valence-electron chi connectivity index (χ3n) is 4.16. The number of hydrogen-bond donors (Lipinski definition) is 2. The smallest absolute Gasteiger partial charge is 0.394 e. The first kappa shape index (κ1) is 19.2. The Morgan fingerprint density at radius 1 is 1.33 bits per heavy atom. The van der Waals surface area contributed by atoms with Crippen LogP contribution in [-0.4, -0.2) is 27.0 Å². The molecule has 27 heavy (non-hydrogen) atoms. The van der Waals surface area contributed by atoms with E-state index in [9.17, 15) is 23.1 Å². The minimum absolute atomic E-state index is 0.0878. The molecule has 9 heteroatoms. The molecule has 2 aromatic heterocycles. The van der Waals surface area contributed by atoms with E-state index < -0.39 is 30.3 Å². The van der Waals surface area contributed by atoms with E-state index in [4.69, 9.17) is 11.6 Å². The molecule has 0 aliphatic rings. The van der Waals surface area contributed by atoms with E-state index >= 15 is 0 Å². The number of nitrogens with one attached hydrogen (secondary N) is 1. The van der Waals surface area contributed by atoms with Crippen molar-refractivity contribution in [3.8, 4) is 0 Å². The van der Waals surface area contributed by atoms with Crippen LogP contribution in [0.15, 0.2) is 42.7 Å². The van der Waals surface area contributed by atoms with E-state index in [0.29, 0.717) is 5.82 Å². The lowest BCUT2D eigenvalue weighted by Gasteiger charge is -2.21. The Kier molecular flexibility index (Phi) is 5.12. The summed E-state index contributed by atoms with van der Waals surface area (Å²) in [5, 5.41) is 11.9. The number of alkyl halides is 3. The van der Waals surface area contributed by atoms with Gasteiger partial charge in [-0.3, -0.25) is 4.79 Å². The summed E-state index contributed by atoms with van der Waals surface area (Å²) in [6.07, 6.45) is -1.50. The highest BCUT2D eigenvalue weighted by atomic mass is 35.5. The molecule has 2 N–H and O–H groups in total. The molecule has 0 saturated carbocycles. The van der Waals surface area contributed by atoms with E-state index in [2.05, 4.69) is 10.3 Å². The van der Waals surface area contributed by atoms with Crippen molar-refractivity contribution in [2.24, 2.45) is 0 Å². The monoisotopic (exact) mass is 397 g/mol. The highest BCUT2D eigenvalue weighted by molar-refractivity contribution is 6.30. The highest BCUT2D eigenvalue weighted by Crippen LogP contribution is 2.36. The van der Waals surface area contributed by atoms with Crippen LogP contribution in [0.4, 0.5) is 13.2 Å². The van der Waals surface area contributed by atoms with Gasteiger partial charge in [0.05, 0.1) is 35.5 Å². The number of carbonyl (C=O) groups excluding carboxylic acids is 1. The van der Waals surface area contributed by atoms with Crippen molar-refractivity contribution in [3.63, 3.8) is 0 Å². The molecule has 0 aliphatic heterocycles. The predicted octanol–water partition coefficient (Wildman–Crippen LogP) is 3.78. The Balaban J connectivity index is 1.92. The van der Waals surface area contributed by atoms with Crippen LogP contribution in [0.1, 0.15) is 33.4 Å². The van der Waals surface area contributed by atoms with Gasteiger partial charge in [-0.25, -0.2) is 4.98 Å². The summed E-state index contributed by atoms with van der Waals surface area (Å²) in [5.41, 5.74) is -0.262. The SMILES string of the molecule is Cc1ncc2ccc(C(=O)N[C@@H](CO)c3ccc(Cl)cc3C(F)(F)F)cn12. The number of aryl methyl sites for hydroxylation is 1. The van der Waals surface area contributed by atoms with Crippen molar-refractivity contribution in [3.05, 3.63) is 70.3 Å². The van der Waals surface area contributed by atoms with Crippen LogP contribution in [-0.2, 0) is 6.18 Å². The number of imidazole rings is 1. The number of nitrogens with zero attached hydrogens (tertiary/aromatic N) is 2. The lowest BCUT2D eigenvalue weighted by atomic mass is 10.00. The maximum absolute atomic E-state index is 13.3. The molecule has 1 amide bonds. The summed E-state index contributed by atoms with van der Waals surface area (Å²) < 4.78 is 41.6. The number of fused-ring (bicyclic) bond motifs is 1. The maximum atomic E-state index is 13.3. The number of rotatable bonds is 4. The highest BCUT2D eigenvalue weighted by Gasteiger charge is 2.35. The lowest BCUT2D eigenvalue weighted by Crippen LogP contribution is -2.32. The molecule has 0 saturated heterocycles. The summed E-state index contributed by atoms with van der Waals surface area (Å²) >= 11 is 5.67. The van der Waals surface area contributed by atoms with Crippen molar-refractivity contribution in [2.75, 3.05) is 6.61 Å². The molecule has 3 rings (SSSR count). The maximum Gasteiger partial charge on any atom is 0.416 e. The minimum Gasteiger partial charge on any atom is -0.394 e. The van der Waals surface area contributed by atoms with Crippen LogP contribution in [0.2, 0.25) is 5.02 Å². The normalized spacial score (nSPS) is 13.0. The molecule has 0 spiro atoms. The van der Waals surface area contributed by atoms with Crippen molar-refractivity contribution in [2.45, 2.75) is 19.1 Å². The first-order chi connectivity index (χ1) is 12.7. The molecule has 3 aromatic rings. The zero-order valence-corrected chi connectivity index (χ0v) is 14.8. The van der Waals surface area contributed by atoms with Crippen LogP contribution in [0, 0.1) is 6.92 Å². The minimum atomic E-state index is -4.68. The van der Waals surface area contributed by atoms with Gasteiger partial charge < -0.3 is 14.8 Å². The van der Waals surface area contributed by atoms with Crippen molar-refractivity contribution in [1.82, 2.24) is 14.7 Å². The zero-order chi connectivity index (χ0) is 19.8. The molecule has 142 valence electrons. The third kappa shape index (κ3) is 3.91. The number of pyridine rings is 1. The Morgan fingerprint density at radius 3 is 2.74 bits per heavy atom. The standard InChI is InChI=1S/C18H15ClF3N3O2/c1-10-23-7-13-4-2-11(8-25(10)13)17(27)24-16(9-26)14-5-3-12(19)6-15(14)18(20,21)22/h2-8,16,26H,9H2,1H3,(H,24,27)/t16-/m0/s1. The quantitative estimate of drug-likeness (QED) is 0.704. The fraction of sp³-hybridized carbons (Fsp3) is 0.222. The van der Waals surface area contributed by atoms with Gasteiger partial charge in [-0.1, -0.05) is 17.7 Å². The molecule has 1 aromatic carbocycles.